The van der Waals surface area contributed by atoms with Gasteiger partial charge >= 0.3 is 5.97 Å². The van der Waals surface area contributed by atoms with Crippen molar-refractivity contribution in [3.8, 4) is 0 Å². The van der Waals surface area contributed by atoms with Crippen LogP contribution in [-0.2, 0) is 10.3 Å². The smallest absolute Gasteiger partial charge is 0.305 e. The fraction of sp³-hybridized carbons (Fsp3) is 0.500. The van der Waals surface area contributed by atoms with E-state index >= 15 is 0 Å². The molecule has 0 radical (unpaired) electrons. The van der Waals surface area contributed by atoms with Gasteiger partial charge in [-0.3, -0.25) is 9.48 Å². The minimum atomic E-state index is -0.781. The second kappa shape index (κ2) is 3.50. The van der Waals surface area contributed by atoms with Crippen LogP contribution in [-0.4, -0.2) is 33.9 Å². The van der Waals surface area contributed by atoms with E-state index in [1.165, 1.54) is 0 Å². The summed E-state index contributed by atoms with van der Waals surface area (Å²) in [5, 5.41) is 16.1. The molecular formula is C8H10IN3O2. The number of rotatable bonds is 3. The summed E-state index contributed by atoms with van der Waals surface area (Å²) in [5.74, 6) is -0.781. The largest absolute Gasteiger partial charge is 0.481 e. The fourth-order valence-electron chi connectivity index (χ4n) is 1.62. The Kier molecular flexibility index (Phi) is 2.48. The Balaban J connectivity index is 2.24. The highest BCUT2D eigenvalue weighted by atomic mass is 127. The Morgan fingerprint density at radius 1 is 1.79 bits per heavy atom. The van der Waals surface area contributed by atoms with E-state index < -0.39 is 5.97 Å². The molecule has 5 nitrogen and oxygen atoms in total. The quantitative estimate of drug-likeness (QED) is 0.786. The van der Waals surface area contributed by atoms with Gasteiger partial charge in [-0.25, -0.2) is 0 Å². The highest BCUT2D eigenvalue weighted by Gasteiger charge is 2.41. The average Bonchev–Trinajstić information content (AvgIpc) is 2.44. The Morgan fingerprint density at radius 3 is 2.86 bits per heavy atom. The molecule has 0 saturated carbocycles. The summed E-state index contributed by atoms with van der Waals surface area (Å²) < 4.78 is 2.79. The number of halogens is 1. The molecule has 0 aliphatic carbocycles. The summed E-state index contributed by atoms with van der Waals surface area (Å²) in [6, 6.07) is 0. The molecule has 0 aromatic carbocycles. The highest BCUT2D eigenvalue weighted by molar-refractivity contribution is 14.1. The van der Waals surface area contributed by atoms with Gasteiger partial charge in [0.2, 0.25) is 0 Å². The summed E-state index contributed by atoms with van der Waals surface area (Å²) >= 11 is 2.16. The monoisotopic (exact) mass is 307 g/mol. The van der Waals surface area contributed by atoms with Gasteiger partial charge in [-0.15, -0.1) is 0 Å². The van der Waals surface area contributed by atoms with Gasteiger partial charge in [0.15, 0.2) is 0 Å². The number of nitrogens with one attached hydrogen (secondary N) is 1. The lowest BCUT2D eigenvalue weighted by atomic mass is 9.89. The lowest BCUT2D eigenvalue weighted by Crippen LogP contribution is -2.61. The SMILES string of the molecule is O=C(O)CC1(n2cc(I)cn2)CNC1. The van der Waals surface area contributed by atoms with Crippen LogP contribution in [0.15, 0.2) is 12.4 Å². The van der Waals surface area contributed by atoms with Crippen LogP contribution in [0.4, 0.5) is 0 Å². The third-order valence-electron chi connectivity index (χ3n) is 2.43. The van der Waals surface area contributed by atoms with E-state index in [1.807, 2.05) is 6.20 Å². The van der Waals surface area contributed by atoms with E-state index in [0.717, 1.165) is 3.57 Å². The number of carboxylic acids is 1. The molecule has 1 aliphatic heterocycles. The van der Waals surface area contributed by atoms with Crippen LogP contribution in [0.2, 0.25) is 0 Å². The molecule has 2 rings (SSSR count). The first-order chi connectivity index (χ1) is 6.62. The number of carboxylic acid groups (broad SMARTS) is 1. The fourth-order valence-corrected chi connectivity index (χ4v) is 2.01. The van der Waals surface area contributed by atoms with Crippen LogP contribution < -0.4 is 5.32 Å². The molecule has 1 saturated heterocycles. The van der Waals surface area contributed by atoms with Gasteiger partial charge in [0.25, 0.3) is 0 Å². The maximum atomic E-state index is 10.7. The van der Waals surface area contributed by atoms with Crippen molar-refractivity contribution >= 4 is 28.6 Å². The van der Waals surface area contributed by atoms with Gasteiger partial charge in [0.05, 0.1) is 21.7 Å². The Labute approximate surface area is 94.6 Å². The maximum Gasteiger partial charge on any atom is 0.305 e. The molecule has 0 amide bonds. The van der Waals surface area contributed by atoms with Crippen molar-refractivity contribution in [2.24, 2.45) is 0 Å². The first-order valence-electron chi connectivity index (χ1n) is 4.26. The molecule has 0 atom stereocenters. The minimum Gasteiger partial charge on any atom is -0.481 e. The molecule has 1 aromatic heterocycles. The molecule has 2 heterocycles. The number of carbonyl (C=O) groups is 1. The van der Waals surface area contributed by atoms with E-state index in [9.17, 15) is 4.79 Å². The summed E-state index contributed by atoms with van der Waals surface area (Å²) in [5.41, 5.74) is -0.352. The summed E-state index contributed by atoms with van der Waals surface area (Å²) in [7, 11) is 0. The standard InChI is InChI=1S/C8H10IN3O2/c9-6-2-11-12(3-6)8(1-7(13)14)4-10-5-8/h2-3,10H,1,4-5H2,(H,13,14). The van der Waals surface area contributed by atoms with Crippen molar-refractivity contribution in [2.75, 3.05) is 13.1 Å². The predicted molar refractivity (Wildman–Crippen MR) is 58.0 cm³/mol. The van der Waals surface area contributed by atoms with Gasteiger partial charge in [-0.2, -0.15) is 5.10 Å². The zero-order chi connectivity index (χ0) is 10.2. The molecule has 6 heteroatoms. The lowest BCUT2D eigenvalue weighted by molar-refractivity contribution is -0.140. The van der Waals surface area contributed by atoms with Gasteiger partial charge in [-0.05, 0) is 22.6 Å². The normalized spacial score (nSPS) is 18.9. The van der Waals surface area contributed by atoms with Crippen LogP contribution >= 0.6 is 22.6 Å². The molecule has 0 spiro atoms. The third kappa shape index (κ3) is 1.63. The van der Waals surface area contributed by atoms with Crippen LogP contribution in [0.5, 0.6) is 0 Å². The van der Waals surface area contributed by atoms with Crippen molar-refractivity contribution in [1.29, 1.82) is 0 Å². The lowest BCUT2D eigenvalue weighted by Gasteiger charge is -2.41. The highest BCUT2D eigenvalue weighted by Crippen LogP contribution is 2.25. The van der Waals surface area contributed by atoms with E-state index in [0.29, 0.717) is 13.1 Å². The second-order valence-corrected chi connectivity index (χ2v) is 4.75. The van der Waals surface area contributed by atoms with Crippen molar-refractivity contribution in [3.05, 3.63) is 16.0 Å². The number of hydrogen-bond donors (Lipinski definition) is 2. The van der Waals surface area contributed by atoms with Gasteiger partial charge in [0.1, 0.15) is 0 Å². The van der Waals surface area contributed by atoms with Crippen LogP contribution in [0.25, 0.3) is 0 Å². The zero-order valence-corrected chi connectivity index (χ0v) is 9.56. The molecule has 0 bridgehead atoms. The molecule has 1 aliphatic rings. The van der Waals surface area contributed by atoms with Crippen molar-refractivity contribution in [3.63, 3.8) is 0 Å². The molecular weight excluding hydrogens is 297 g/mol. The first kappa shape index (κ1) is 9.91. The summed E-state index contributed by atoms with van der Waals surface area (Å²) in [4.78, 5) is 10.7. The number of hydrogen-bond acceptors (Lipinski definition) is 3. The van der Waals surface area contributed by atoms with Crippen LogP contribution in [0.3, 0.4) is 0 Å². The molecule has 14 heavy (non-hydrogen) atoms. The average molecular weight is 307 g/mol. The number of aromatic nitrogens is 2. The van der Waals surface area contributed by atoms with Crippen LogP contribution in [0.1, 0.15) is 6.42 Å². The van der Waals surface area contributed by atoms with E-state index in [4.69, 9.17) is 5.11 Å². The van der Waals surface area contributed by atoms with Crippen molar-refractivity contribution < 1.29 is 9.90 Å². The van der Waals surface area contributed by atoms with Gasteiger partial charge in [0, 0.05) is 19.3 Å². The zero-order valence-electron chi connectivity index (χ0n) is 7.40. The van der Waals surface area contributed by atoms with Crippen molar-refractivity contribution in [1.82, 2.24) is 15.1 Å². The molecule has 1 aromatic rings. The molecule has 1 fully saturated rings. The third-order valence-corrected chi connectivity index (χ3v) is 2.98. The van der Waals surface area contributed by atoms with E-state index in [2.05, 4.69) is 33.0 Å². The number of aliphatic carboxylic acids is 1. The Hall–Kier alpha value is -0.630. The van der Waals surface area contributed by atoms with Gasteiger partial charge < -0.3 is 10.4 Å². The topological polar surface area (TPSA) is 67.1 Å². The summed E-state index contributed by atoms with van der Waals surface area (Å²) in [6.07, 6.45) is 3.74. The number of nitrogens with zero attached hydrogens (tertiary/aromatic N) is 2. The van der Waals surface area contributed by atoms with E-state index in [-0.39, 0.29) is 12.0 Å². The predicted octanol–water partition coefficient (Wildman–Crippen LogP) is 0.261. The summed E-state index contributed by atoms with van der Waals surface area (Å²) in [6.45, 7) is 1.36. The minimum absolute atomic E-state index is 0.123. The van der Waals surface area contributed by atoms with Crippen molar-refractivity contribution in [2.45, 2.75) is 12.0 Å². The van der Waals surface area contributed by atoms with Gasteiger partial charge in [-0.1, -0.05) is 0 Å². The molecule has 2 N–H and O–H groups in total. The Morgan fingerprint density at radius 2 is 2.50 bits per heavy atom. The van der Waals surface area contributed by atoms with E-state index in [1.54, 1.807) is 10.9 Å². The second-order valence-electron chi connectivity index (χ2n) is 3.50. The molecule has 76 valence electrons. The first-order valence-corrected chi connectivity index (χ1v) is 5.33. The maximum absolute atomic E-state index is 10.7. The molecule has 0 unspecified atom stereocenters. The Bertz CT molecular complexity index is 359. The van der Waals surface area contributed by atoms with Crippen LogP contribution in [0, 0.1) is 3.57 Å².